The second kappa shape index (κ2) is 9.87. The van der Waals surface area contributed by atoms with Crippen molar-refractivity contribution in [3.05, 3.63) is 108 Å². The number of para-hydroxylation sites is 1. The van der Waals surface area contributed by atoms with Crippen LogP contribution in [0.25, 0.3) is 10.8 Å². The average Bonchev–Trinajstić information content (AvgIpc) is 3.24. The maximum Gasteiger partial charge on any atom is 0.241 e. The Labute approximate surface area is 223 Å². The van der Waals surface area contributed by atoms with Gasteiger partial charge in [-0.1, -0.05) is 72.8 Å². The summed E-state index contributed by atoms with van der Waals surface area (Å²) in [7, 11) is -3.71. The number of nitrogens with one attached hydrogen (secondary N) is 2. The van der Waals surface area contributed by atoms with Crippen molar-refractivity contribution in [1.29, 1.82) is 0 Å². The molecule has 188 valence electrons. The first kappa shape index (κ1) is 24.1. The third-order valence-corrected chi connectivity index (χ3v) is 9.11. The van der Waals surface area contributed by atoms with E-state index in [1.165, 1.54) is 5.56 Å². The number of thiocarbonyl (C=S) groups is 1. The SMILES string of the molecule is O=S(=O)(N[C@H]1c2cccc3cccc(c23)[C@@H]1N1CCN(C(=S)Nc2ccccc2)CC1)c1ccccc1. The minimum Gasteiger partial charge on any atom is -0.346 e. The minimum absolute atomic E-state index is 0.0996. The second-order valence-corrected chi connectivity index (χ2v) is 11.6. The molecule has 2 N–H and O–H groups in total. The molecular weight excluding hydrogens is 500 g/mol. The summed E-state index contributed by atoms with van der Waals surface area (Å²) in [5, 5.41) is 6.33. The van der Waals surface area contributed by atoms with Gasteiger partial charge in [-0.05, 0) is 58.4 Å². The molecule has 0 saturated carbocycles. The predicted molar refractivity (Wildman–Crippen MR) is 152 cm³/mol. The van der Waals surface area contributed by atoms with Crippen LogP contribution in [0, 0.1) is 0 Å². The van der Waals surface area contributed by atoms with Crippen molar-refractivity contribution in [2.75, 3.05) is 31.5 Å². The zero-order valence-corrected chi connectivity index (χ0v) is 21.9. The van der Waals surface area contributed by atoms with Gasteiger partial charge in [-0.15, -0.1) is 0 Å². The van der Waals surface area contributed by atoms with Crippen LogP contribution >= 0.6 is 12.2 Å². The van der Waals surface area contributed by atoms with Gasteiger partial charge in [0.1, 0.15) is 0 Å². The molecule has 1 heterocycles. The Hall–Kier alpha value is -3.30. The number of anilines is 1. The molecule has 4 aromatic rings. The number of benzene rings is 4. The van der Waals surface area contributed by atoms with E-state index in [4.69, 9.17) is 12.2 Å². The second-order valence-electron chi connectivity index (χ2n) is 9.47. The lowest BCUT2D eigenvalue weighted by atomic mass is 10.0. The van der Waals surface area contributed by atoms with Gasteiger partial charge in [0, 0.05) is 31.9 Å². The number of nitrogens with zero attached hydrogens (tertiary/aromatic N) is 2. The molecule has 6 rings (SSSR count). The van der Waals surface area contributed by atoms with Crippen LogP contribution in [0.5, 0.6) is 0 Å². The van der Waals surface area contributed by atoms with Crippen LogP contribution in [0.15, 0.2) is 102 Å². The predicted octanol–water partition coefficient (Wildman–Crippen LogP) is 4.93. The molecule has 1 fully saturated rings. The highest BCUT2D eigenvalue weighted by molar-refractivity contribution is 7.89. The zero-order valence-electron chi connectivity index (χ0n) is 20.2. The summed E-state index contributed by atoms with van der Waals surface area (Å²) in [6.07, 6.45) is 0. The van der Waals surface area contributed by atoms with E-state index < -0.39 is 10.0 Å². The van der Waals surface area contributed by atoms with Crippen molar-refractivity contribution in [2.24, 2.45) is 0 Å². The molecule has 0 spiro atoms. The first-order valence-electron chi connectivity index (χ1n) is 12.5. The fraction of sp³-hybridized carbons (Fsp3) is 0.207. The summed E-state index contributed by atoms with van der Waals surface area (Å²) in [5.74, 6) is 0. The van der Waals surface area contributed by atoms with Gasteiger partial charge < -0.3 is 10.2 Å². The Morgan fingerprint density at radius 1 is 0.757 bits per heavy atom. The monoisotopic (exact) mass is 528 g/mol. The molecule has 6 nitrogen and oxygen atoms in total. The molecule has 0 radical (unpaired) electrons. The molecule has 1 saturated heterocycles. The Kier molecular flexibility index (Phi) is 6.42. The quantitative estimate of drug-likeness (QED) is 0.358. The molecule has 0 aromatic heterocycles. The van der Waals surface area contributed by atoms with Gasteiger partial charge in [0.25, 0.3) is 0 Å². The average molecular weight is 529 g/mol. The number of rotatable bonds is 5. The number of piperazine rings is 1. The van der Waals surface area contributed by atoms with E-state index in [0.29, 0.717) is 5.11 Å². The summed E-state index contributed by atoms with van der Waals surface area (Å²) < 4.78 is 29.9. The van der Waals surface area contributed by atoms with Crippen LogP contribution in [0.1, 0.15) is 23.2 Å². The van der Waals surface area contributed by atoms with Gasteiger partial charge in [0.05, 0.1) is 17.0 Å². The lowest BCUT2D eigenvalue weighted by Gasteiger charge is -2.41. The Balaban J connectivity index is 1.27. The highest BCUT2D eigenvalue weighted by Crippen LogP contribution is 2.47. The zero-order chi connectivity index (χ0) is 25.4. The van der Waals surface area contributed by atoms with E-state index in [-0.39, 0.29) is 17.0 Å². The smallest absolute Gasteiger partial charge is 0.241 e. The molecule has 0 unspecified atom stereocenters. The molecular formula is C29H28N4O2S2. The minimum atomic E-state index is -3.71. The first-order valence-corrected chi connectivity index (χ1v) is 14.3. The maximum absolute atomic E-state index is 13.4. The van der Waals surface area contributed by atoms with E-state index in [0.717, 1.165) is 48.2 Å². The maximum atomic E-state index is 13.4. The van der Waals surface area contributed by atoms with Crippen LogP contribution < -0.4 is 10.0 Å². The summed E-state index contributed by atoms with van der Waals surface area (Å²) in [6, 6.07) is 30.5. The van der Waals surface area contributed by atoms with Crippen molar-refractivity contribution >= 4 is 43.8 Å². The van der Waals surface area contributed by atoms with Gasteiger partial charge in [-0.25, -0.2) is 13.1 Å². The topological polar surface area (TPSA) is 64.7 Å². The van der Waals surface area contributed by atoms with Gasteiger partial charge >= 0.3 is 0 Å². The molecule has 0 amide bonds. The molecule has 0 bridgehead atoms. The fourth-order valence-electron chi connectivity index (χ4n) is 5.55. The molecule has 2 atom stereocenters. The third-order valence-electron chi connectivity index (χ3n) is 7.29. The van der Waals surface area contributed by atoms with E-state index >= 15 is 0 Å². The summed E-state index contributed by atoms with van der Waals surface area (Å²) >= 11 is 5.69. The highest BCUT2D eigenvalue weighted by Gasteiger charge is 2.41. The highest BCUT2D eigenvalue weighted by atomic mass is 32.2. The van der Waals surface area contributed by atoms with E-state index in [9.17, 15) is 8.42 Å². The number of hydrogen-bond donors (Lipinski definition) is 2. The van der Waals surface area contributed by atoms with Crippen molar-refractivity contribution in [3.8, 4) is 0 Å². The van der Waals surface area contributed by atoms with Crippen molar-refractivity contribution in [2.45, 2.75) is 17.0 Å². The summed E-state index contributed by atoms with van der Waals surface area (Å²) in [5.41, 5.74) is 3.18. The summed E-state index contributed by atoms with van der Waals surface area (Å²) in [4.78, 5) is 4.86. The van der Waals surface area contributed by atoms with Gasteiger partial charge in [0.2, 0.25) is 10.0 Å². The van der Waals surface area contributed by atoms with Crippen LogP contribution in [0.4, 0.5) is 5.69 Å². The van der Waals surface area contributed by atoms with Crippen molar-refractivity contribution in [1.82, 2.24) is 14.5 Å². The standard InChI is InChI=1S/C29H28N4O2S2/c34-37(35,23-13-5-2-6-14-23)31-27-24-15-7-9-21-10-8-16-25(26(21)24)28(27)32-17-19-33(20-18-32)29(36)30-22-11-3-1-4-12-22/h1-16,27-28,31H,17-20H2,(H,30,36)/t27-,28-/m0/s1. The van der Waals surface area contributed by atoms with Crippen molar-refractivity contribution < 1.29 is 8.42 Å². The third kappa shape index (κ3) is 4.62. The first-order chi connectivity index (χ1) is 18.0. The van der Waals surface area contributed by atoms with Crippen LogP contribution in [0.2, 0.25) is 0 Å². The van der Waals surface area contributed by atoms with Crippen molar-refractivity contribution in [3.63, 3.8) is 0 Å². The Morgan fingerprint density at radius 2 is 1.38 bits per heavy atom. The molecule has 1 aliphatic heterocycles. The fourth-order valence-corrected chi connectivity index (χ4v) is 7.09. The van der Waals surface area contributed by atoms with Crippen LogP contribution in [0.3, 0.4) is 0 Å². The van der Waals surface area contributed by atoms with E-state index in [2.05, 4.69) is 50.2 Å². The van der Waals surface area contributed by atoms with Gasteiger partial charge in [-0.3, -0.25) is 4.90 Å². The Morgan fingerprint density at radius 3 is 2.05 bits per heavy atom. The van der Waals surface area contributed by atoms with E-state index in [1.807, 2.05) is 42.5 Å². The molecule has 4 aromatic carbocycles. The number of hydrogen-bond acceptors (Lipinski definition) is 4. The molecule has 8 heteroatoms. The van der Waals surface area contributed by atoms with Crippen LogP contribution in [-0.2, 0) is 10.0 Å². The normalized spacial score (nSPS) is 19.7. The lowest BCUT2D eigenvalue weighted by Crippen LogP contribution is -2.52. The largest absolute Gasteiger partial charge is 0.346 e. The molecule has 1 aliphatic carbocycles. The Bertz CT molecular complexity index is 1530. The van der Waals surface area contributed by atoms with E-state index in [1.54, 1.807) is 24.3 Å². The lowest BCUT2D eigenvalue weighted by molar-refractivity contribution is 0.117. The molecule has 37 heavy (non-hydrogen) atoms. The molecule has 2 aliphatic rings. The number of sulfonamides is 1. The van der Waals surface area contributed by atoms with Crippen LogP contribution in [-0.4, -0.2) is 49.5 Å². The summed E-state index contributed by atoms with van der Waals surface area (Å²) in [6.45, 7) is 3.07. The van der Waals surface area contributed by atoms with Gasteiger partial charge in [0.15, 0.2) is 5.11 Å². The van der Waals surface area contributed by atoms with Gasteiger partial charge in [-0.2, -0.15) is 0 Å².